The molecule has 0 bridgehead atoms. The molecule has 0 aliphatic carbocycles. The van der Waals surface area contributed by atoms with E-state index >= 15 is 0 Å². The Labute approximate surface area is 190 Å². The van der Waals surface area contributed by atoms with Crippen LogP contribution in [0.15, 0.2) is 60.8 Å². The quantitative estimate of drug-likeness (QED) is 0.412. The number of nitrogens with zero attached hydrogens (tertiary/aromatic N) is 3. The van der Waals surface area contributed by atoms with Gasteiger partial charge in [0.2, 0.25) is 5.91 Å². The van der Waals surface area contributed by atoms with Crippen LogP contribution in [0.5, 0.6) is 11.5 Å². The normalized spacial score (nSPS) is 11.0. The van der Waals surface area contributed by atoms with Crippen molar-refractivity contribution in [2.75, 3.05) is 27.3 Å². The van der Waals surface area contributed by atoms with Crippen molar-refractivity contribution in [3.05, 3.63) is 66.4 Å². The molecule has 0 saturated carbocycles. The van der Waals surface area contributed by atoms with Crippen molar-refractivity contribution >= 4 is 12.0 Å². The van der Waals surface area contributed by atoms with Gasteiger partial charge in [0.1, 0.15) is 5.69 Å². The molecule has 6 heteroatoms. The van der Waals surface area contributed by atoms with Crippen molar-refractivity contribution in [1.29, 1.82) is 0 Å². The van der Waals surface area contributed by atoms with Gasteiger partial charge >= 0.3 is 0 Å². The van der Waals surface area contributed by atoms with E-state index in [4.69, 9.17) is 14.6 Å². The summed E-state index contributed by atoms with van der Waals surface area (Å²) >= 11 is 0. The van der Waals surface area contributed by atoms with Gasteiger partial charge in [0.25, 0.3) is 0 Å². The highest BCUT2D eigenvalue weighted by Crippen LogP contribution is 2.33. The highest BCUT2D eigenvalue weighted by molar-refractivity contribution is 5.93. The highest BCUT2D eigenvalue weighted by Gasteiger charge is 2.15. The van der Waals surface area contributed by atoms with Crippen molar-refractivity contribution in [2.24, 2.45) is 0 Å². The third kappa shape index (κ3) is 5.38. The molecule has 0 N–H and O–H groups in total. The standard InChI is InChI=1S/C26H31N3O3/c1-5-7-17-28(6-2)25(30)16-14-21-19-29(22-11-9-8-10-12-22)27-26(21)20-13-15-23(31-3)24(18-20)32-4/h8-16,18-19H,5-7,17H2,1-4H3/b16-14+. The summed E-state index contributed by atoms with van der Waals surface area (Å²) in [7, 11) is 3.22. The van der Waals surface area contributed by atoms with Crippen LogP contribution in [-0.2, 0) is 4.79 Å². The van der Waals surface area contributed by atoms with Gasteiger partial charge in [-0.25, -0.2) is 4.68 Å². The summed E-state index contributed by atoms with van der Waals surface area (Å²) in [4.78, 5) is 14.6. The Kier molecular flexibility index (Phi) is 8.08. The summed E-state index contributed by atoms with van der Waals surface area (Å²) in [6, 6.07) is 15.6. The number of rotatable bonds is 10. The number of benzene rings is 2. The fourth-order valence-electron chi connectivity index (χ4n) is 3.47. The molecule has 0 aliphatic rings. The number of carbonyl (C=O) groups is 1. The molecular weight excluding hydrogens is 402 g/mol. The monoisotopic (exact) mass is 433 g/mol. The number of methoxy groups -OCH3 is 2. The van der Waals surface area contributed by atoms with Crippen LogP contribution in [0.3, 0.4) is 0 Å². The van der Waals surface area contributed by atoms with E-state index in [2.05, 4.69) is 6.92 Å². The summed E-state index contributed by atoms with van der Waals surface area (Å²) in [5.41, 5.74) is 3.43. The Balaban J connectivity index is 2.01. The molecule has 0 fully saturated rings. The maximum Gasteiger partial charge on any atom is 0.246 e. The summed E-state index contributed by atoms with van der Waals surface area (Å²) in [6.45, 7) is 5.59. The van der Waals surface area contributed by atoms with Crippen molar-refractivity contribution in [1.82, 2.24) is 14.7 Å². The molecule has 1 aromatic heterocycles. The maximum atomic E-state index is 12.7. The van der Waals surface area contributed by atoms with Crippen molar-refractivity contribution in [3.8, 4) is 28.4 Å². The number of unbranched alkanes of at least 4 members (excludes halogenated alkanes) is 1. The summed E-state index contributed by atoms with van der Waals surface area (Å²) in [5, 5.41) is 4.82. The Morgan fingerprint density at radius 3 is 2.47 bits per heavy atom. The predicted molar refractivity (Wildman–Crippen MR) is 128 cm³/mol. The first kappa shape index (κ1) is 23.1. The number of likely N-dealkylation sites (N-methyl/N-ethyl adjacent to an activating group) is 1. The number of hydrogen-bond acceptors (Lipinski definition) is 4. The van der Waals surface area contributed by atoms with Gasteiger partial charge in [0, 0.05) is 36.5 Å². The first-order valence-electron chi connectivity index (χ1n) is 11.0. The lowest BCUT2D eigenvalue weighted by molar-refractivity contribution is -0.125. The maximum absolute atomic E-state index is 12.7. The molecule has 3 rings (SSSR count). The first-order chi connectivity index (χ1) is 15.6. The molecule has 6 nitrogen and oxygen atoms in total. The van der Waals surface area contributed by atoms with E-state index in [-0.39, 0.29) is 5.91 Å². The fraction of sp³-hybridized carbons (Fsp3) is 0.308. The van der Waals surface area contributed by atoms with E-state index in [1.165, 1.54) is 0 Å². The van der Waals surface area contributed by atoms with Crippen LogP contribution in [0.4, 0.5) is 0 Å². The molecular formula is C26H31N3O3. The van der Waals surface area contributed by atoms with E-state index in [0.717, 1.165) is 41.9 Å². The van der Waals surface area contributed by atoms with Gasteiger partial charge in [-0.05, 0) is 49.8 Å². The second-order valence-electron chi connectivity index (χ2n) is 7.39. The summed E-state index contributed by atoms with van der Waals surface area (Å²) in [6.07, 6.45) is 7.47. The largest absolute Gasteiger partial charge is 0.493 e. The zero-order valence-electron chi connectivity index (χ0n) is 19.2. The molecule has 168 valence electrons. The summed E-state index contributed by atoms with van der Waals surface area (Å²) < 4.78 is 12.7. The minimum absolute atomic E-state index is 0.00618. The zero-order valence-corrected chi connectivity index (χ0v) is 19.2. The molecule has 0 spiro atoms. The van der Waals surface area contributed by atoms with Crippen LogP contribution in [0.1, 0.15) is 32.3 Å². The Morgan fingerprint density at radius 2 is 1.81 bits per heavy atom. The minimum atomic E-state index is 0.00618. The number of hydrogen-bond donors (Lipinski definition) is 0. The van der Waals surface area contributed by atoms with Gasteiger partial charge in [-0.2, -0.15) is 5.10 Å². The molecule has 2 aromatic carbocycles. The second-order valence-corrected chi connectivity index (χ2v) is 7.39. The van der Waals surface area contributed by atoms with Gasteiger partial charge < -0.3 is 14.4 Å². The number of ether oxygens (including phenoxy) is 2. The van der Waals surface area contributed by atoms with Crippen molar-refractivity contribution in [3.63, 3.8) is 0 Å². The first-order valence-corrected chi connectivity index (χ1v) is 11.0. The number of para-hydroxylation sites is 1. The Hall–Kier alpha value is -3.54. The molecule has 3 aromatic rings. The Morgan fingerprint density at radius 1 is 1.06 bits per heavy atom. The third-order valence-electron chi connectivity index (χ3n) is 5.30. The molecule has 1 heterocycles. The van der Waals surface area contributed by atoms with E-state index in [1.54, 1.807) is 20.3 Å². The third-order valence-corrected chi connectivity index (χ3v) is 5.30. The van der Waals surface area contributed by atoms with Gasteiger partial charge in [0.15, 0.2) is 11.5 Å². The SMILES string of the molecule is CCCCN(CC)C(=O)/C=C/c1cn(-c2ccccc2)nc1-c1ccc(OC)c(OC)c1. The van der Waals surface area contributed by atoms with Gasteiger partial charge in [-0.15, -0.1) is 0 Å². The van der Waals surface area contributed by atoms with Crippen LogP contribution >= 0.6 is 0 Å². The van der Waals surface area contributed by atoms with E-state index < -0.39 is 0 Å². The molecule has 0 saturated heterocycles. The topological polar surface area (TPSA) is 56.6 Å². The highest BCUT2D eigenvalue weighted by atomic mass is 16.5. The van der Waals surface area contributed by atoms with Crippen molar-refractivity contribution in [2.45, 2.75) is 26.7 Å². The number of aromatic nitrogens is 2. The van der Waals surface area contributed by atoms with E-state index in [1.807, 2.05) is 77.3 Å². The lowest BCUT2D eigenvalue weighted by Gasteiger charge is -2.18. The van der Waals surface area contributed by atoms with E-state index in [9.17, 15) is 4.79 Å². The fourth-order valence-corrected chi connectivity index (χ4v) is 3.47. The summed E-state index contributed by atoms with van der Waals surface area (Å²) in [5.74, 6) is 1.29. The Bertz CT molecular complexity index is 1060. The predicted octanol–water partition coefficient (Wildman–Crippen LogP) is 5.22. The zero-order chi connectivity index (χ0) is 22.9. The van der Waals surface area contributed by atoms with Crippen LogP contribution in [0, 0.1) is 0 Å². The van der Waals surface area contributed by atoms with Gasteiger partial charge in [0.05, 0.1) is 19.9 Å². The lowest BCUT2D eigenvalue weighted by atomic mass is 10.1. The molecule has 0 atom stereocenters. The smallest absolute Gasteiger partial charge is 0.246 e. The minimum Gasteiger partial charge on any atom is -0.493 e. The van der Waals surface area contributed by atoms with Gasteiger partial charge in [-0.1, -0.05) is 31.5 Å². The lowest BCUT2D eigenvalue weighted by Crippen LogP contribution is -2.30. The van der Waals surface area contributed by atoms with Crippen LogP contribution < -0.4 is 9.47 Å². The molecule has 0 radical (unpaired) electrons. The van der Waals surface area contributed by atoms with E-state index in [0.29, 0.717) is 18.0 Å². The molecule has 0 aliphatic heterocycles. The van der Waals surface area contributed by atoms with Crippen LogP contribution in [0.25, 0.3) is 23.0 Å². The number of carbonyl (C=O) groups excluding carboxylic acids is 1. The average molecular weight is 434 g/mol. The van der Waals surface area contributed by atoms with Crippen LogP contribution in [-0.4, -0.2) is 47.9 Å². The van der Waals surface area contributed by atoms with Crippen LogP contribution in [0.2, 0.25) is 0 Å². The second kappa shape index (κ2) is 11.2. The molecule has 32 heavy (non-hydrogen) atoms. The molecule has 0 unspecified atom stereocenters. The van der Waals surface area contributed by atoms with Crippen molar-refractivity contribution < 1.29 is 14.3 Å². The molecule has 1 amide bonds. The average Bonchev–Trinajstić information content (AvgIpc) is 3.27. The number of amides is 1. The van der Waals surface area contributed by atoms with Gasteiger partial charge in [-0.3, -0.25) is 4.79 Å².